The van der Waals surface area contributed by atoms with Gasteiger partial charge in [0.2, 0.25) is 5.43 Å². The zero-order valence-corrected chi connectivity index (χ0v) is 10.0. The van der Waals surface area contributed by atoms with Crippen molar-refractivity contribution in [3.63, 3.8) is 0 Å². The van der Waals surface area contributed by atoms with Crippen LogP contribution in [0.5, 0.6) is 0 Å². The molecule has 0 saturated carbocycles. The van der Waals surface area contributed by atoms with Crippen LogP contribution in [-0.2, 0) is 9.05 Å². The van der Waals surface area contributed by atoms with Gasteiger partial charge < -0.3 is 4.98 Å². The first-order valence-electron chi connectivity index (χ1n) is 4.15. The lowest BCUT2D eigenvalue weighted by Crippen LogP contribution is -2.12. The van der Waals surface area contributed by atoms with E-state index in [1.54, 1.807) is 12.1 Å². The molecule has 0 aliphatic carbocycles. The van der Waals surface area contributed by atoms with Gasteiger partial charge in [-0.25, -0.2) is 8.42 Å². The zero-order chi connectivity index (χ0) is 11.9. The van der Waals surface area contributed by atoms with Crippen LogP contribution in [-0.4, -0.2) is 13.4 Å². The molecule has 84 valence electrons. The smallest absolute Gasteiger partial charge is 0.266 e. The van der Waals surface area contributed by atoms with Gasteiger partial charge in [0, 0.05) is 32.8 Å². The minimum atomic E-state index is -4.05. The Balaban J connectivity index is 2.95. The molecule has 2 rings (SSSR count). The molecule has 1 heterocycles. The maximum Gasteiger partial charge on any atom is 0.266 e. The molecule has 0 spiro atoms. The van der Waals surface area contributed by atoms with E-state index in [1.165, 1.54) is 6.07 Å². The SMILES string of the molecule is O=c1c(S(=O)(=O)Cl)c[nH]c2ccc(Cl)cc12. The van der Waals surface area contributed by atoms with Crippen LogP contribution in [0.4, 0.5) is 0 Å². The fourth-order valence-electron chi connectivity index (χ4n) is 1.35. The number of hydrogen-bond acceptors (Lipinski definition) is 3. The van der Waals surface area contributed by atoms with Crippen molar-refractivity contribution in [3.8, 4) is 0 Å². The van der Waals surface area contributed by atoms with Crippen molar-refractivity contribution in [2.45, 2.75) is 4.90 Å². The Bertz CT molecular complexity index is 721. The molecule has 2 aromatic rings. The van der Waals surface area contributed by atoms with Crippen molar-refractivity contribution in [3.05, 3.63) is 39.6 Å². The number of pyridine rings is 1. The van der Waals surface area contributed by atoms with E-state index in [4.69, 9.17) is 22.3 Å². The maximum absolute atomic E-state index is 11.8. The maximum atomic E-state index is 11.8. The molecule has 0 aliphatic heterocycles. The molecule has 0 radical (unpaired) electrons. The number of fused-ring (bicyclic) bond motifs is 1. The van der Waals surface area contributed by atoms with Crippen LogP contribution in [0.2, 0.25) is 5.02 Å². The van der Waals surface area contributed by atoms with E-state index in [2.05, 4.69) is 4.98 Å². The van der Waals surface area contributed by atoms with Crippen molar-refractivity contribution < 1.29 is 8.42 Å². The first-order chi connectivity index (χ1) is 7.39. The summed E-state index contributed by atoms with van der Waals surface area (Å²) in [6.45, 7) is 0. The van der Waals surface area contributed by atoms with Gasteiger partial charge in [-0.15, -0.1) is 0 Å². The third-order valence-electron chi connectivity index (χ3n) is 2.07. The molecule has 16 heavy (non-hydrogen) atoms. The lowest BCUT2D eigenvalue weighted by atomic mass is 10.2. The van der Waals surface area contributed by atoms with Gasteiger partial charge in [0.05, 0.1) is 0 Å². The number of nitrogens with one attached hydrogen (secondary N) is 1. The van der Waals surface area contributed by atoms with Gasteiger partial charge in [0.25, 0.3) is 9.05 Å². The van der Waals surface area contributed by atoms with Crippen LogP contribution in [0, 0.1) is 0 Å². The van der Waals surface area contributed by atoms with Crippen LogP contribution in [0.15, 0.2) is 34.1 Å². The van der Waals surface area contributed by atoms with E-state index in [0.717, 1.165) is 6.20 Å². The molecule has 0 bridgehead atoms. The highest BCUT2D eigenvalue weighted by atomic mass is 35.7. The number of H-pyrrole nitrogens is 1. The number of benzene rings is 1. The Morgan fingerprint density at radius 1 is 1.25 bits per heavy atom. The van der Waals surface area contributed by atoms with E-state index in [0.29, 0.717) is 10.5 Å². The molecule has 7 heteroatoms. The van der Waals surface area contributed by atoms with Crippen molar-refractivity contribution in [2.75, 3.05) is 0 Å². The van der Waals surface area contributed by atoms with E-state index < -0.39 is 19.4 Å². The Labute approximate surface area is 100 Å². The molecule has 0 saturated heterocycles. The van der Waals surface area contributed by atoms with Crippen molar-refractivity contribution in [1.82, 2.24) is 4.98 Å². The summed E-state index contributed by atoms with van der Waals surface area (Å²) in [6, 6.07) is 4.57. The molecular weight excluding hydrogens is 273 g/mol. The van der Waals surface area contributed by atoms with E-state index in [9.17, 15) is 13.2 Å². The average Bonchev–Trinajstić information content (AvgIpc) is 2.17. The number of aromatic amines is 1. The summed E-state index contributed by atoms with van der Waals surface area (Å²) in [5, 5.41) is 0.538. The first-order valence-corrected chi connectivity index (χ1v) is 6.84. The van der Waals surface area contributed by atoms with Crippen molar-refractivity contribution >= 4 is 42.2 Å². The summed E-state index contributed by atoms with van der Waals surface area (Å²) >= 11 is 5.72. The molecule has 0 fully saturated rings. The normalized spacial score (nSPS) is 11.9. The van der Waals surface area contributed by atoms with E-state index in [1.807, 2.05) is 0 Å². The Kier molecular flexibility index (Phi) is 2.69. The summed E-state index contributed by atoms with van der Waals surface area (Å²) in [4.78, 5) is 14.0. The van der Waals surface area contributed by atoms with Crippen molar-refractivity contribution in [2.24, 2.45) is 0 Å². The topological polar surface area (TPSA) is 67.0 Å². The van der Waals surface area contributed by atoms with Crippen LogP contribution >= 0.6 is 22.3 Å². The van der Waals surface area contributed by atoms with Crippen molar-refractivity contribution in [1.29, 1.82) is 0 Å². The highest BCUT2D eigenvalue weighted by Crippen LogP contribution is 2.17. The van der Waals surface area contributed by atoms with Gasteiger partial charge in [-0.1, -0.05) is 11.6 Å². The first kappa shape index (κ1) is 11.4. The number of rotatable bonds is 1. The summed E-state index contributed by atoms with van der Waals surface area (Å²) in [5.74, 6) is 0. The van der Waals surface area contributed by atoms with Gasteiger partial charge in [-0.2, -0.15) is 0 Å². The zero-order valence-electron chi connectivity index (χ0n) is 7.70. The molecule has 0 amide bonds. The predicted octanol–water partition coefficient (Wildman–Crippen LogP) is 2.11. The highest BCUT2D eigenvalue weighted by Gasteiger charge is 2.16. The van der Waals surface area contributed by atoms with Gasteiger partial charge in [0.15, 0.2) is 0 Å². The average molecular weight is 278 g/mol. The fourth-order valence-corrected chi connectivity index (χ4v) is 2.40. The number of hydrogen-bond donors (Lipinski definition) is 1. The van der Waals surface area contributed by atoms with Gasteiger partial charge in [-0.3, -0.25) is 4.79 Å². The molecule has 0 aliphatic rings. The number of halogens is 2. The monoisotopic (exact) mass is 277 g/mol. The predicted molar refractivity (Wildman–Crippen MR) is 62.6 cm³/mol. The Morgan fingerprint density at radius 3 is 2.56 bits per heavy atom. The third kappa shape index (κ3) is 1.93. The van der Waals surface area contributed by atoms with Crippen LogP contribution < -0.4 is 5.43 Å². The van der Waals surface area contributed by atoms with Crippen LogP contribution in [0.1, 0.15) is 0 Å². The summed E-state index contributed by atoms with van der Waals surface area (Å²) in [7, 11) is 1.07. The van der Waals surface area contributed by atoms with E-state index in [-0.39, 0.29) is 5.39 Å². The lowest BCUT2D eigenvalue weighted by Gasteiger charge is -2.00. The van der Waals surface area contributed by atoms with Crippen LogP contribution in [0.25, 0.3) is 10.9 Å². The third-order valence-corrected chi connectivity index (χ3v) is 3.63. The van der Waals surface area contributed by atoms with Gasteiger partial charge in [-0.05, 0) is 18.2 Å². The molecule has 1 aromatic heterocycles. The largest absolute Gasteiger partial charge is 0.360 e. The summed E-state index contributed by atoms with van der Waals surface area (Å²) in [6.07, 6.45) is 1.07. The molecule has 1 N–H and O–H groups in total. The molecule has 4 nitrogen and oxygen atoms in total. The second kappa shape index (κ2) is 3.76. The van der Waals surface area contributed by atoms with E-state index >= 15 is 0 Å². The Morgan fingerprint density at radius 2 is 1.94 bits per heavy atom. The standard InChI is InChI=1S/C9H5Cl2NO3S/c10-5-1-2-7-6(3-5)9(13)8(4-12-7)16(11,14)15/h1-4H,(H,12,13). The molecule has 0 atom stereocenters. The molecule has 1 aromatic carbocycles. The minimum Gasteiger partial charge on any atom is -0.360 e. The summed E-state index contributed by atoms with van der Waals surface area (Å²) < 4.78 is 22.2. The second-order valence-electron chi connectivity index (χ2n) is 3.11. The minimum absolute atomic E-state index is 0.189. The van der Waals surface area contributed by atoms with Crippen LogP contribution in [0.3, 0.4) is 0 Å². The highest BCUT2D eigenvalue weighted by molar-refractivity contribution is 8.13. The molecular formula is C9H5Cl2NO3S. The fraction of sp³-hybridized carbons (Fsp3) is 0. The molecule has 0 unspecified atom stereocenters. The lowest BCUT2D eigenvalue weighted by molar-refractivity contribution is 0.609. The Hall–Kier alpha value is -1.04. The quantitative estimate of drug-likeness (QED) is 0.812. The second-order valence-corrected chi connectivity index (χ2v) is 6.08. The van der Waals surface area contributed by atoms with Gasteiger partial charge in [0.1, 0.15) is 4.90 Å². The summed E-state index contributed by atoms with van der Waals surface area (Å²) in [5.41, 5.74) is -0.162. The number of aromatic nitrogens is 1. The van der Waals surface area contributed by atoms with Gasteiger partial charge >= 0.3 is 0 Å².